The number of benzene rings is 1. The quantitative estimate of drug-likeness (QED) is 0.386. The fourth-order valence-electron chi connectivity index (χ4n) is 3.11. The van der Waals surface area contributed by atoms with Crippen LogP contribution in [-0.4, -0.2) is 24.0 Å². The molecule has 21 heavy (non-hydrogen) atoms. The summed E-state index contributed by atoms with van der Waals surface area (Å²) in [7, 11) is 1.73. The zero-order valence-electron chi connectivity index (χ0n) is 12.8. The van der Waals surface area contributed by atoms with Crippen molar-refractivity contribution >= 4 is 17.4 Å². The molecule has 0 bridgehead atoms. The van der Waals surface area contributed by atoms with Gasteiger partial charge < -0.3 is 15.8 Å². The summed E-state index contributed by atoms with van der Waals surface area (Å²) in [6, 6.07) is 7.88. The van der Waals surface area contributed by atoms with Gasteiger partial charge in [-0.25, -0.2) is 0 Å². The number of carbonyl (C=O) groups is 1. The summed E-state index contributed by atoms with van der Waals surface area (Å²) in [6.07, 6.45) is 2.21. The van der Waals surface area contributed by atoms with Crippen LogP contribution in [0.3, 0.4) is 0 Å². The van der Waals surface area contributed by atoms with Crippen molar-refractivity contribution in [2.45, 2.75) is 33.1 Å². The average molecular weight is 289 g/mol. The van der Waals surface area contributed by atoms with E-state index in [-0.39, 0.29) is 11.7 Å². The van der Waals surface area contributed by atoms with E-state index in [9.17, 15) is 4.79 Å². The number of oxime groups is 1. The van der Waals surface area contributed by atoms with Gasteiger partial charge in [-0.2, -0.15) is 0 Å². The first-order valence-corrected chi connectivity index (χ1v) is 7.29. The Morgan fingerprint density at radius 2 is 2.00 bits per heavy atom. The summed E-state index contributed by atoms with van der Waals surface area (Å²) in [6.45, 7) is 4.15. The molecular weight excluding hydrogens is 266 g/mol. The lowest BCUT2D eigenvalue weighted by atomic mass is 9.61. The minimum atomic E-state index is -0.855. The fraction of sp³-hybridized carbons (Fsp3) is 0.500. The van der Waals surface area contributed by atoms with Crippen LogP contribution in [0.25, 0.3) is 0 Å². The molecule has 1 aromatic carbocycles. The van der Waals surface area contributed by atoms with E-state index in [1.165, 1.54) is 5.56 Å². The van der Waals surface area contributed by atoms with Crippen LogP contribution >= 0.6 is 0 Å². The third-order valence-electron chi connectivity index (χ3n) is 4.44. The highest BCUT2D eigenvalue weighted by atomic mass is 16.4. The van der Waals surface area contributed by atoms with Gasteiger partial charge in [-0.3, -0.25) is 4.79 Å². The molecule has 1 fully saturated rings. The normalized spacial score (nSPS) is 25.3. The smallest absolute Gasteiger partial charge is 0.240 e. The maximum absolute atomic E-state index is 12.8. The van der Waals surface area contributed by atoms with Crippen LogP contribution in [0.4, 0.5) is 5.69 Å². The Labute approximate surface area is 125 Å². The Morgan fingerprint density at radius 3 is 2.43 bits per heavy atom. The van der Waals surface area contributed by atoms with Crippen LogP contribution in [0.2, 0.25) is 0 Å². The molecule has 3 N–H and O–H groups in total. The number of anilines is 1. The second-order valence-corrected chi connectivity index (χ2v) is 5.96. The first-order valence-electron chi connectivity index (χ1n) is 7.29. The number of hydrogen-bond acceptors (Lipinski definition) is 3. The Balaban J connectivity index is 2.24. The topological polar surface area (TPSA) is 78.9 Å². The highest BCUT2D eigenvalue weighted by Gasteiger charge is 2.53. The van der Waals surface area contributed by atoms with Crippen molar-refractivity contribution in [2.75, 3.05) is 11.9 Å². The monoisotopic (exact) mass is 289 g/mol. The van der Waals surface area contributed by atoms with E-state index in [2.05, 4.69) is 19.0 Å². The number of rotatable bonds is 4. The molecule has 0 spiro atoms. The Morgan fingerprint density at radius 1 is 1.43 bits per heavy atom. The lowest BCUT2D eigenvalue weighted by Crippen LogP contribution is -2.57. The molecule has 5 heteroatoms. The number of amidine groups is 1. The molecule has 1 amide bonds. The summed E-state index contributed by atoms with van der Waals surface area (Å²) in [5, 5.41) is 12.1. The zero-order valence-corrected chi connectivity index (χ0v) is 12.8. The van der Waals surface area contributed by atoms with E-state index < -0.39 is 5.41 Å². The van der Waals surface area contributed by atoms with Crippen molar-refractivity contribution in [1.29, 1.82) is 0 Å². The highest BCUT2D eigenvalue weighted by molar-refractivity contribution is 6.13. The molecule has 5 nitrogen and oxygen atoms in total. The minimum Gasteiger partial charge on any atom is -0.409 e. The van der Waals surface area contributed by atoms with E-state index in [4.69, 9.17) is 10.9 Å². The number of nitrogens with two attached hydrogens (primary N) is 1. The molecule has 1 aliphatic rings. The molecule has 114 valence electrons. The molecule has 1 aliphatic carbocycles. The fourth-order valence-corrected chi connectivity index (χ4v) is 3.11. The lowest BCUT2D eigenvalue weighted by Gasteiger charge is -2.45. The van der Waals surface area contributed by atoms with Crippen molar-refractivity contribution < 1.29 is 10.0 Å². The second kappa shape index (κ2) is 5.76. The van der Waals surface area contributed by atoms with Gasteiger partial charge in [0.25, 0.3) is 0 Å². The SMILES string of the molecule is CCc1ccc(N(C)C(=O)C2(/C(N)=N/O)CC(C)C2)cc1. The highest BCUT2D eigenvalue weighted by Crippen LogP contribution is 2.47. The summed E-state index contributed by atoms with van der Waals surface area (Å²) < 4.78 is 0. The van der Waals surface area contributed by atoms with Crippen LogP contribution < -0.4 is 10.6 Å². The van der Waals surface area contributed by atoms with Crippen molar-refractivity contribution in [3.63, 3.8) is 0 Å². The van der Waals surface area contributed by atoms with Gasteiger partial charge >= 0.3 is 0 Å². The van der Waals surface area contributed by atoms with Crippen LogP contribution in [0.5, 0.6) is 0 Å². The van der Waals surface area contributed by atoms with Crippen molar-refractivity contribution in [1.82, 2.24) is 0 Å². The van der Waals surface area contributed by atoms with Crippen LogP contribution in [0, 0.1) is 11.3 Å². The van der Waals surface area contributed by atoms with E-state index in [0.717, 1.165) is 12.1 Å². The van der Waals surface area contributed by atoms with Gasteiger partial charge in [0.2, 0.25) is 5.91 Å². The summed E-state index contributed by atoms with van der Waals surface area (Å²) in [5.41, 5.74) is 6.98. The summed E-state index contributed by atoms with van der Waals surface area (Å²) in [4.78, 5) is 14.4. The van der Waals surface area contributed by atoms with Gasteiger partial charge in [0.05, 0.1) is 0 Å². The summed E-state index contributed by atoms with van der Waals surface area (Å²) in [5.74, 6) is 0.313. The maximum Gasteiger partial charge on any atom is 0.240 e. The predicted octanol–water partition coefficient (Wildman–Crippen LogP) is 2.37. The Kier molecular flexibility index (Phi) is 4.21. The molecule has 0 unspecified atom stereocenters. The third-order valence-corrected chi connectivity index (χ3v) is 4.44. The Bertz CT molecular complexity index is 545. The standard InChI is InChI=1S/C16H23N3O2/c1-4-12-5-7-13(8-6-12)19(3)15(20)16(14(17)18-21)9-11(2)10-16/h5-8,11,21H,4,9-10H2,1-3H3,(H2,17,18). The van der Waals surface area contributed by atoms with Gasteiger partial charge in [-0.05, 0) is 42.9 Å². The van der Waals surface area contributed by atoms with Crippen LogP contribution in [0.15, 0.2) is 29.4 Å². The van der Waals surface area contributed by atoms with Crippen molar-refractivity contribution in [2.24, 2.45) is 22.2 Å². The molecule has 1 saturated carbocycles. The van der Waals surface area contributed by atoms with Gasteiger partial charge in [0, 0.05) is 12.7 Å². The van der Waals surface area contributed by atoms with Crippen LogP contribution in [-0.2, 0) is 11.2 Å². The van der Waals surface area contributed by atoms with E-state index in [0.29, 0.717) is 18.8 Å². The molecule has 0 saturated heterocycles. The van der Waals surface area contributed by atoms with Gasteiger partial charge in [-0.15, -0.1) is 0 Å². The zero-order chi connectivity index (χ0) is 15.6. The third kappa shape index (κ3) is 2.60. The number of hydrogen-bond donors (Lipinski definition) is 2. The number of carbonyl (C=O) groups excluding carboxylic acids is 1. The number of aryl methyl sites for hydroxylation is 1. The molecular formula is C16H23N3O2. The minimum absolute atomic E-state index is 0.0163. The molecule has 0 heterocycles. The largest absolute Gasteiger partial charge is 0.409 e. The molecule has 0 atom stereocenters. The van der Waals surface area contributed by atoms with Gasteiger partial charge in [0.15, 0.2) is 5.84 Å². The molecule has 0 aliphatic heterocycles. The van der Waals surface area contributed by atoms with E-state index in [1.807, 2.05) is 24.3 Å². The molecule has 1 aromatic rings. The van der Waals surface area contributed by atoms with E-state index in [1.54, 1.807) is 11.9 Å². The summed E-state index contributed by atoms with van der Waals surface area (Å²) >= 11 is 0. The first kappa shape index (κ1) is 15.4. The van der Waals surface area contributed by atoms with Crippen molar-refractivity contribution in [3.8, 4) is 0 Å². The maximum atomic E-state index is 12.8. The predicted molar refractivity (Wildman–Crippen MR) is 83.5 cm³/mol. The second-order valence-electron chi connectivity index (χ2n) is 5.96. The molecule has 0 aromatic heterocycles. The number of nitrogens with zero attached hydrogens (tertiary/aromatic N) is 2. The van der Waals surface area contributed by atoms with Crippen molar-refractivity contribution in [3.05, 3.63) is 29.8 Å². The van der Waals surface area contributed by atoms with Crippen LogP contribution in [0.1, 0.15) is 32.3 Å². The van der Waals surface area contributed by atoms with Gasteiger partial charge in [0.1, 0.15) is 5.41 Å². The van der Waals surface area contributed by atoms with Gasteiger partial charge in [-0.1, -0.05) is 31.1 Å². The average Bonchev–Trinajstić information content (AvgIpc) is 2.49. The first-order chi connectivity index (χ1) is 9.94. The Hall–Kier alpha value is -2.04. The molecule has 0 radical (unpaired) electrons. The molecule has 2 rings (SSSR count). The number of amides is 1. The van der Waals surface area contributed by atoms with E-state index >= 15 is 0 Å². The lowest BCUT2D eigenvalue weighted by molar-refractivity contribution is -0.130.